The van der Waals surface area contributed by atoms with Crippen molar-refractivity contribution in [2.45, 2.75) is 49.5 Å². The molecule has 0 aliphatic heterocycles. The third-order valence-electron chi connectivity index (χ3n) is 3.34. The molecule has 1 aliphatic rings. The fourth-order valence-corrected chi connectivity index (χ4v) is 4.23. The lowest BCUT2D eigenvalue weighted by molar-refractivity contribution is 0.0202. The zero-order valence-electron chi connectivity index (χ0n) is 13.2. The Balaban J connectivity index is 2.23. The Hall–Kier alpha value is -1.12. The van der Waals surface area contributed by atoms with Crippen LogP contribution in [0.25, 0.3) is 0 Å². The van der Waals surface area contributed by atoms with E-state index in [0.717, 1.165) is 29.1 Å². The summed E-state index contributed by atoms with van der Waals surface area (Å²) in [6.07, 6.45) is 1.62. The van der Waals surface area contributed by atoms with Crippen LogP contribution in [0, 0.1) is 5.92 Å². The SMILES string of the molecule is CN(C(=O)OC(C)(C)C)C(c1ccc(S(N)(=O)=O)s1)C1CC1. The summed E-state index contributed by atoms with van der Waals surface area (Å²) >= 11 is 1.12. The summed E-state index contributed by atoms with van der Waals surface area (Å²) in [4.78, 5) is 14.7. The summed E-state index contributed by atoms with van der Waals surface area (Å²) in [5.41, 5.74) is -0.569. The predicted octanol–water partition coefficient (Wildman–Crippen LogP) is 2.71. The molecule has 1 fully saturated rings. The van der Waals surface area contributed by atoms with Gasteiger partial charge in [-0.2, -0.15) is 0 Å². The topological polar surface area (TPSA) is 89.7 Å². The second-order valence-electron chi connectivity index (χ2n) is 6.58. The van der Waals surface area contributed by atoms with Crippen molar-refractivity contribution in [3.05, 3.63) is 17.0 Å². The van der Waals surface area contributed by atoms with Crippen molar-refractivity contribution < 1.29 is 17.9 Å². The van der Waals surface area contributed by atoms with Crippen LogP contribution in [0.5, 0.6) is 0 Å². The van der Waals surface area contributed by atoms with Crippen molar-refractivity contribution in [3.63, 3.8) is 0 Å². The number of nitrogens with zero attached hydrogens (tertiary/aromatic N) is 1. The molecule has 1 amide bonds. The normalized spacial score (nSPS) is 17.1. The first kappa shape index (κ1) is 17.2. The number of thiophene rings is 1. The lowest BCUT2D eigenvalue weighted by Gasteiger charge is -2.30. The third kappa shape index (κ3) is 4.21. The molecule has 1 aromatic rings. The van der Waals surface area contributed by atoms with Crippen molar-refractivity contribution >= 4 is 27.5 Å². The zero-order chi connectivity index (χ0) is 16.7. The first-order valence-electron chi connectivity index (χ1n) is 7.07. The smallest absolute Gasteiger partial charge is 0.410 e. The first-order chi connectivity index (χ1) is 9.99. The molecule has 1 unspecified atom stereocenters. The Morgan fingerprint density at radius 1 is 1.41 bits per heavy atom. The van der Waals surface area contributed by atoms with Gasteiger partial charge in [0.25, 0.3) is 0 Å². The van der Waals surface area contributed by atoms with Gasteiger partial charge in [-0.3, -0.25) is 0 Å². The fraction of sp³-hybridized carbons (Fsp3) is 0.643. The summed E-state index contributed by atoms with van der Waals surface area (Å²) in [5, 5.41) is 5.16. The molecule has 124 valence electrons. The van der Waals surface area contributed by atoms with Gasteiger partial charge in [0.15, 0.2) is 0 Å². The monoisotopic (exact) mass is 346 g/mol. The molecular formula is C14H22N2O4S2. The van der Waals surface area contributed by atoms with E-state index in [4.69, 9.17) is 9.88 Å². The fourth-order valence-electron chi connectivity index (χ4n) is 2.25. The van der Waals surface area contributed by atoms with Crippen molar-refractivity contribution in [3.8, 4) is 0 Å². The molecule has 22 heavy (non-hydrogen) atoms. The van der Waals surface area contributed by atoms with E-state index < -0.39 is 21.7 Å². The van der Waals surface area contributed by atoms with Crippen LogP contribution in [0.2, 0.25) is 0 Å². The van der Waals surface area contributed by atoms with E-state index in [1.54, 1.807) is 18.0 Å². The van der Waals surface area contributed by atoms with Crippen LogP contribution in [0.15, 0.2) is 16.3 Å². The highest BCUT2D eigenvalue weighted by Gasteiger charge is 2.39. The molecule has 6 nitrogen and oxygen atoms in total. The molecule has 1 saturated carbocycles. The van der Waals surface area contributed by atoms with Gasteiger partial charge in [0.05, 0.1) is 6.04 Å². The minimum absolute atomic E-state index is 0.116. The Morgan fingerprint density at radius 3 is 2.41 bits per heavy atom. The summed E-state index contributed by atoms with van der Waals surface area (Å²) in [6, 6.07) is 3.05. The van der Waals surface area contributed by atoms with Crippen molar-refractivity contribution in [2.75, 3.05) is 7.05 Å². The van der Waals surface area contributed by atoms with Crippen LogP contribution in [-0.4, -0.2) is 32.1 Å². The van der Waals surface area contributed by atoms with Gasteiger partial charge >= 0.3 is 6.09 Å². The second kappa shape index (κ2) is 5.82. The lowest BCUT2D eigenvalue weighted by atomic mass is 10.1. The number of rotatable bonds is 4. The number of hydrogen-bond donors (Lipinski definition) is 1. The van der Waals surface area contributed by atoms with E-state index in [9.17, 15) is 13.2 Å². The van der Waals surface area contributed by atoms with Gasteiger partial charge in [-0.1, -0.05) is 0 Å². The molecule has 8 heteroatoms. The third-order valence-corrected chi connectivity index (χ3v) is 5.94. The Kier molecular flexibility index (Phi) is 4.56. The molecule has 1 heterocycles. The van der Waals surface area contributed by atoms with E-state index in [-0.39, 0.29) is 10.3 Å². The molecule has 0 saturated heterocycles. The molecule has 1 aromatic heterocycles. The number of amides is 1. The number of sulfonamides is 1. The Bertz CT molecular complexity index is 657. The maximum absolute atomic E-state index is 12.3. The highest BCUT2D eigenvalue weighted by molar-refractivity contribution is 7.91. The molecule has 0 spiro atoms. The number of carbonyl (C=O) groups excluding carboxylic acids is 1. The summed E-state index contributed by atoms with van der Waals surface area (Å²) in [5.74, 6) is 0.337. The first-order valence-corrected chi connectivity index (χ1v) is 9.43. The number of hydrogen-bond acceptors (Lipinski definition) is 5. The largest absolute Gasteiger partial charge is 0.444 e. The van der Waals surface area contributed by atoms with Crippen LogP contribution in [-0.2, 0) is 14.8 Å². The number of ether oxygens (including phenoxy) is 1. The molecule has 0 aromatic carbocycles. The van der Waals surface area contributed by atoms with Crippen LogP contribution < -0.4 is 5.14 Å². The van der Waals surface area contributed by atoms with E-state index in [1.165, 1.54) is 6.07 Å². The maximum Gasteiger partial charge on any atom is 0.410 e. The Labute approximate surface area is 135 Å². The van der Waals surface area contributed by atoms with Crippen LogP contribution in [0.3, 0.4) is 0 Å². The average Bonchev–Trinajstić information content (AvgIpc) is 3.02. The van der Waals surface area contributed by atoms with E-state index in [1.807, 2.05) is 20.8 Å². The van der Waals surface area contributed by atoms with Gasteiger partial charge in [0, 0.05) is 11.9 Å². The number of primary sulfonamides is 1. The molecule has 1 aliphatic carbocycles. The van der Waals surface area contributed by atoms with Crippen LogP contribution >= 0.6 is 11.3 Å². The van der Waals surface area contributed by atoms with Gasteiger partial charge in [-0.15, -0.1) is 11.3 Å². The molecule has 2 rings (SSSR count). The van der Waals surface area contributed by atoms with Gasteiger partial charge in [0.2, 0.25) is 10.0 Å². The maximum atomic E-state index is 12.3. The molecular weight excluding hydrogens is 324 g/mol. The van der Waals surface area contributed by atoms with Crippen molar-refractivity contribution in [2.24, 2.45) is 11.1 Å². The van der Waals surface area contributed by atoms with E-state index in [2.05, 4.69) is 0 Å². The van der Waals surface area contributed by atoms with E-state index in [0.29, 0.717) is 5.92 Å². The van der Waals surface area contributed by atoms with Gasteiger partial charge in [0.1, 0.15) is 9.81 Å². The predicted molar refractivity (Wildman–Crippen MR) is 85.2 cm³/mol. The van der Waals surface area contributed by atoms with Gasteiger partial charge in [-0.25, -0.2) is 18.4 Å². The number of carbonyl (C=O) groups is 1. The second-order valence-corrected chi connectivity index (χ2v) is 9.48. The molecule has 0 radical (unpaired) electrons. The average molecular weight is 346 g/mol. The minimum atomic E-state index is -3.71. The van der Waals surface area contributed by atoms with Crippen molar-refractivity contribution in [1.82, 2.24) is 4.90 Å². The zero-order valence-corrected chi connectivity index (χ0v) is 14.8. The summed E-state index contributed by atoms with van der Waals surface area (Å²) in [6.45, 7) is 5.44. The molecule has 1 atom stereocenters. The summed E-state index contributed by atoms with van der Waals surface area (Å²) in [7, 11) is -2.02. The highest BCUT2D eigenvalue weighted by atomic mass is 32.2. The van der Waals surface area contributed by atoms with Crippen LogP contribution in [0.1, 0.15) is 44.5 Å². The quantitative estimate of drug-likeness (QED) is 0.907. The van der Waals surface area contributed by atoms with Crippen LogP contribution in [0.4, 0.5) is 4.79 Å². The highest BCUT2D eigenvalue weighted by Crippen LogP contribution is 2.46. The lowest BCUT2D eigenvalue weighted by Crippen LogP contribution is -2.37. The summed E-state index contributed by atoms with van der Waals surface area (Å²) < 4.78 is 28.4. The minimum Gasteiger partial charge on any atom is -0.444 e. The Morgan fingerprint density at radius 2 is 2.00 bits per heavy atom. The number of nitrogens with two attached hydrogens (primary N) is 1. The molecule has 2 N–H and O–H groups in total. The molecule has 0 bridgehead atoms. The van der Waals surface area contributed by atoms with E-state index >= 15 is 0 Å². The van der Waals surface area contributed by atoms with Gasteiger partial charge in [-0.05, 0) is 51.7 Å². The standard InChI is InChI=1S/C14H22N2O4S2/c1-14(2,3)20-13(17)16(4)12(9-5-6-9)10-7-8-11(21-10)22(15,18)19/h7-9,12H,5-6H2,1-4H3,(H2,15,18,19). The van der Waals surface area contributed by atoms with Crippen molar-refractivity contribution in [1.29, 1.82) is 0 Å². The van der Waals surface area contributed by atoms with Gasteiger partial charge < -0.3 is 9.64 Å².